The fraction of sp³-hybridized carbons (Fsp3) is 0.250. The van der Waals surface area contributed by atoms with Crippen LogP contribution in [0.15, 0.2) is 36.4 Å². The summed E-state index contributed by atoms with van der Waals surface area (Å²) in [5.74, 6) is 1.28. The highest BCUT2D eigenvalue weighted by atomic mass is 16.6. The summed E-state index contributed by atoms with van der Waals surface area (Å²) in [5.41, 5.74) is 7.77. The van der Waals surface area contributed by atoms with Gasteiger partial charge in [-0.15, -0.1) is 0 Å². The minimum absolute atomic E-state index is 0.0183. The van der Waals surface area contributed by atoms with E-state index in [2.05, 4.69) is 5.32 Å². The summed E-state index contributed by atoms with van der Waals surface area (Å²) in [6.07, 6.45) is 0. The number of anilines is 1. The van der Waals surface area contributed by atoms with Crippen LogP contribution < -0.4 is 20.5 Å². The van der Waals surface area contributed by atoms with E-state index in [4.69, 9.17) is 15.2 Å². The van der Waals surface area contributed by atoms with Gasteiger partial charge in [0.2, 0.25) is 0 Å². The molecule has 0 aromatic heterocycles. The molecule has 23 heavy (non-hydrogen) atoms. The van der Waals surface area contributed by atoms with Crippen LogP contribution in [-0.2, 0) is 13.1 Å². The van der Waals surface area contributed by atoms with Crippen LogP contribution in [0, 0.1) is 10.1 Å². The lowest BCUT2D eigenvalue weighted by atomic mass is 10.1. The quantitative estimate of drug-likeness (QED) is 0.601. The van der Waals surface area contributed by atoms with Crippen LogP contribution in [0.5, 0.6) is 11.5 Å². The molecule has 0 unspecified atom stereocenters. The minimum Gasteiger partial charge on any atom is -0.493 e. The molecule has 0 aliphatic carbocycles. The highest BCUT2D eigenvalue weighted by Crippen LogP contribution is 2.29. The van der Waals surface area contributed by atoms with Crippen molar-refractivity contribution in [3.05, 3.63) is 57.6 Å². The zero-order valence-electron chi connectivity index (χ0n) is 13.0. The molecule has 2 rings (SSSR count). The molecule has 0 amide bonds. The third kappa shape index (κ3) is 3.70. The molecule has 0 radical (unpaired) electrons. The Balaban J connectivity index is 2.21. The number of nitrogens with two attached hydrogens (primary N) is 1. The van der Waals surface area contributed by atoms with Gasteiger partial charge in [-0.1, -0.05) is 12.1 Å². The van der Waals surface area contributed by atoms with E-state index in [1.807, 2.05) is 18.2 Å². The molecular formula is C16H19N3O4. The Bertz CT molecular complexity index is 704. The van der Waals surface area contributed by atoms with Gasteiger partial charge in [0.1, 0.15) is 0 Å². The number of nitro benzene ring substituents is 1. The van der Waals surface area contributed by atoms with Gasteiger partial charge in [0.15, 0.2) is 11.5 Å². The fourth-order valence-corrected chi connectivity index (χ4v) is 2.31. The van der Waals surface area contributed by atoms with E-state index < -0.39 is 4.92 Å². The molecule has 0 spiro atoms. The standard InChI is InChI=1S/C16H19N3O4/c1-22-15-7-6-11(8-16(15)23-2)10-18-13-4-3-5-14(19(20)21)12(13)9-17/h3-8,18H,9-10,17H2,1-2H3. The van der Waals surface area contributed by atoms with Crippen molar-refractivity contribution < 1.29 is 14.4 Å². The van der Waals surface area contributed by atoms with E-state index in [0.29, 0.717) is 29.3 Å². The molecule has 2 aromatic rings. The molecule has 0 aliphatic heterocycles. The highest BCUT2D eigenvalue weighted by Gasteiger charge is 2.15. The van der Waals surface area contributed by atoms with Gasteiger partial charge < -0.3 is 20.5 Å². The monoisotopic (exact) mass is 317 g/mol. The van der Waals surface area contributed by atoms with Gasteiger partial charge >= 0.3 is 0 Å². The number of nitro groups is 1. The molecule has 2 aromatic carbocycles. The van der Waals surface area contributed by atoms with Gasteiger partial charge in [0.25, 0.3) is 5.69 Å². The molecule has 0 saturated heterocycles. The van der Waals surface area contributed by atoms with Gasteiger partial charge in [-0.05, 0) is 23.8 Å². The number of rotatable bonds is 7. The lowest BCUT2D eigenvalue weighted by Crippen LogP contribution is -2.08. The number of methoxy groups -OCH3 is 2. The number of hydrogen-bond acceptors (Lipinski definition) is 6. The molecular weight excluding hydrogens is 298 g/mol. The summed E-state index contributed by atoms with van der Waals surface area (Å²) in [7, 11) is 3.15. The Morgan fingerprint density at radius 2 is 1.91 bits per heavy atom. The maximum Gasteiger partial charge on any atom is 0.275 e. The summed E-state index contributed by atoms with van der Waals surface area (Å²) < 4.78 is 10.5. The molecule has 0 aliphatic rings. The Morgan fingerprint density at radius 1 is 1.17 bits per heavy atom. The van der Waals surface area contributed by atoms with Crippen LogP contribution in [-0.4, -0.2) is 19.1 Å². The predicted molar refractivity (Wildman–Crippen MR) is 87.9 cm³/mol. The van der Waals surface area contributed by atoms with Gasteiger partial charge in [-0.25, -0.2) is 0 Å². The second kappa shape index (κ2) is 7.46. The first-order valence-corrected chi connectivity index (χ1v) is 7.01. The maximum absolute atomic E-state index is 11.1. The van der Waals surface area contributed by atoms with E-state index in [1.165, 1.54) is 6.07 Å². The smallest absolute Gasteiger partial charge is 0.275 e. The topological polar surface area (TPSA) is 99.6 Å². The summed E-state index contributed by atoms with van der Waals surface area (Å²) in [6, 6.07) is 10.4. The Labute approximate surface area is 134 Å². The second-order valence-corrected chi connectivity index (χ2v) is 4.81. The Morgan fingerprint density at radius 3 is 2.52 bits per heavy atom. The van der Waals surface area contributed by atoms with Crippen molar-refractivity contribution in [2.75, 3.05) is 19.5 Å². The summed E-state index contributed by atoms with van der Waals surface area (Å²) >= 11 is 0. The van der Waals surface area contributed by atoms with Crippen LogP contribution in [0.3, 0.4) is 0 Å². The van der Waals surface area contributed by atoms with Crippen LogP contribution >= 0.6 is 0 Å². The molecule has 7 heteroatoms. The number of ether oxygens (including phenoxy) is 2. The first kappa shape index (κ1) is 16.6. The van der Waals surface area contributed by atoms with Crippen molar-refractivity contribution in [1.29, 1.82) is 0 Å². The van der Waals surface area contributed by atoms with Crippen LogP contribution in [0.1, 0.15) is 11.1 Å². The fourth-order valence-electron chi connectivity index (χ4n) is 2.31. The maximum atomic E-state index is 11.1. The number of hydrogen-bond donors (Lipinski definition) is 2. The zero-order chi connectivity index (χ0) is 16.8. The number of nitrogens with one attached hydrogen (secondary N) is 1. The lowest BCUT2D eigenvalue weighted by Gasteiger charge is -2.13. The van der Waals surface area contributed by atoms with Crippen LogP contribution in [0.2, 0.25) is 0 Å². The molecule has 0 bridgehead atoms. The molecule has 0 fully saturated rings. The molecule has 0 atom stereocenters. The second-order valence-electron chi connectivity index (χ2n) is 4.81. The Kier molecular flexibility index (Phi) is 5.37. The first-order valence-electron chi connectivity index (χ1n) is 7.01. The van der Waals surface area contributed by atoms with E-state index in [9.17, 15) is 10.1 Å². The third-order valence-corrected chi connectivity index (χ3v) is 3.48. The van der Waals surface area contributed by atoms with Crippen LogP contribution in [0.25, 0.3) is 0 Å². The SMILES string of the molecule is COc1ccc(CNc2cccc([N+](=O)[O-])c2CN)cc1OC. The van der Waals surface area contributed by atoms with Crippen molar-refractivity contribution in [2.24, 2.45) is 5.73 Å². The predicted octanol–water partition coefficient (Wildman–Crippen LogP) is 2.68. The number of nitrogens with zero attached hydrogens (tertiary/aromatic N) is 1. The van der Waals surface area contributed by atoms with Gasteiger partial charge in [-0.3, -0.25) is 10.1 Å². The van der Waals surface area contributed by atoms with Crippen molar-refractivity contribution in [3.63, 3.8) is 0 Å². The molecule has 0 saturated carbocycles. The van der Waals surface area contributed by atoms with Crippen molar-refractivity contribution in [2.45, 2.75) is 13.1 Å². The van der Waals surface area contributed by atoms with E-state index in [-0.39, 0.29) is 12.2 Å². The average Bonchev–Trinajstić information content (AvgIpc) is 2.58. The van der Waals surface area contributed by atoms with Crippen molar-refractivity contribution in [3.8, 4) is 11.5 Å². The third-order valence-electron chi connectivity index (χ3n) is 3.48. The van der Waals surface area contributed by atoms with Crippen LogP contribution in [0.4, 0.5) is 11.4 Å². The van der Waals surface area contributed by atoms with Crippen molar-refractivity contribution >= 4 is 11.4 Å². The lowest BCUT2D eigenvalue weighted by molar-refractivity contribution is -0.385. The first-order chi connectivity index (χ1) is 11.1. The highest BCUT2D eigenvalue weighted by molar-refractivity contribution is 5.60. The molecule has 122 valence electrons. The number of benzene rings is 2. The normalized spacial score (nSPS) is 10.2. The van der Waals surface area contributed by atoms with Gasteiger partial charge in [0, 0.05) is 24.8 Å². The zero-order valence-corrected chi connectivity index (χ0v) is 13.0. The molecule has 3 N–H and O–H groups in total. The largest absolute Gasteiger partial charge is 0.493 e. The molecule has 0 heterocycles. The van der Waals surface area contributed by atoms with Crippen molar-refractivity contribution in [1.82, 2.24) is 0 Å². The summed E-state index contributed by atoms with van der Waals surface area (Å²) in [6.45, 7) is 0.569. The van der Waals surface area contributed by atoms with E-state index >= 15 is 0 Å². The van der Waals surface area contributed by atoms with E-state index in [0.717, 1.165) is 5.56 Å². The minimum atomic E-state index is -0.427. The summed E-state index contributed by atoms with van der Waals surface area (Å²) in [5, 5.41) is 14.2. The average molecular weight is 317 g/mol. The van der Waals surface area contributed by atoms with Gasteiger partial charge in [0.05, 0.1) is 24.7 Å². The van der Waals surface area contributed by atoms with Gasteiger partial charge in [-0.2, -0.15) is 0 Å². The van der Waals surface area contributed by atoms with E-state index in [1.54, 1.807) is 26.4 Å². The Hall–Kier alpha value is -2.80. The summed E-state index contributed by atoms with van der Waals surface area (Å²) in [4.78, 5) is 10.6. The molecule has 7 nitrogen and oxygen atoms in total.